The van der Waals surface area contributed by atoms with Crippen molar-refractivity contribution in [3.8, 4) is 5.75 Å². The molecule has 33 heavy (non-hydrogen) atoms. The van der Waals surface area contributed by atoms with Gasteiger partial charge in [0.1, 0.15) is 5.75 Å². The summed E-state index contributed by atoms with van der Waals surface area (Å²) in [5.74, 6) is 1.39. The Labute approximate surface area is 210 Å². The number of fused-ring (bicyclic) bond motifs is 1. The summed E-state index contributed by atoms with van der Waals surface area (Å²) in [7, 11) is 3.65. The van der Waals surface area contributed by atoms with E-state index in [1.807, 2.05) is 56.4 Å². The van der Waals surface area contributed by atoms with Gasteiger partial charge in [-0.05, 0) is 68.8 Å². The van der Waals surface area contributed by atoms with E-state index in [9.17, 15) is 0 Å². The van der Waals surface area contributed by atoms with Crippen LogP contribution in [-0.2, 0) is 7.05 Å². The number of anilines is 4. The smallest absolute Gasteiger partial charge is 0.208 e. The topological polar surface area (TPSA) is 42.3 Å². The highest BCUT2D eigenvalue weighted by Crippen LogP contribution is 2.38. The number of benzene rings is 3. The molecule has 4 rings (SSSR count). The van der Waals surface area contributed by atoms with E-state index in [0.717, 1.165) is 44.6 Å². The zero-order valence-corrected chi connectivity index (χ0v) is 21.5. The minimum atomic E-state index is 0. The number of ether oxygens (including phenoxy) is 1. The number of rotatable bonds is 6. The molecule has 0 aliphatic rings. The maximum Gasteiger partial charge on any atom is 0.208 e. The van der Waals surface area contributed by atoms with Gasteiger partial charge < -0.3 is 19.5 Å². The summed E-state index contributed by atoms with van der Waals surface area (Å²) < 4.78 is 7.62. The van der Waals surface area contributed by atoms with Crippen molar-refractivity contribution in [1.82, 2.24) is 9.55 Å². The van der Waals surface area contributed by atoms with Crippen LogP contribution in [0.5, 0.6) is 5.75 Å². The highest BCUT2D eigenvalue weighted by Gasteiger charge is 2.21. The summed E-state index contributed by atoms with van der Waals surface area (Å²) in [6.07, 6.45) is 0. The molecule has 8 heteroatoms. The van der Waals surface area contributed by atoms with Gasteiger partial charge in [0.25, 0.3) is 0 Å². The summed E-state index contributed by atoms with van der Waals surface area (Å²) in [5, 5.41) is 4.80. The second-order valence-corrected chi connectivity index (χ2v) is 8.88. The number of para-hydroxylation sites is 1. The molecular formula is C25H27Cl3N4O. The van der Waals surface area contributed by atoms with Crippen LogP contribution in [0.1, 0.15) is 19.4 Å². The van der Waals surface area contributed by atoms with E-state index in [0.29, 0.717) is 10.8 Å². The Hall–Kier alpha value is -2.60. The molecule has 5 nitrogen and oxygen atoms in total. The fourth-order valence-electron chi connectivity index (χ4n) is 4.02. The first-order chi connectivity index (χ1) is 15.3. The SMILES string of the molecule is COc1cc(Cl)cc(C)c1Nc1nc2cccc(N(c3ccc(Cl)cc3)C(C)C)c2n1C.Cl. The Morgan fingerprint density at radius 1 is 1.03 bits per heavy atom. The fourth-order valence-corrected chi connectivity index (χ4v) is 4.41. The summed E-state index contributed by atoms with van der Waals surface area (Å²) in [6, 6.07) is 18.0. The molecule has 174 valence electrons. The minimum absolute atomic E-state index is 0. The zero-order chi connectivity index (χ0) is 23.0. The van der Waals surface area contributed by atoms with Gasteiger partial charge in [0.15, 0.2) is 0 Å². The number of halogens is 3. The summed E-state index contributed by atoms with van der Waals surface area (Å²) in [6.45, 7) is 6.33. The van der Waals surface area contributed by atoms with Crippen molar-refractivity contribution >= 4 is 69.7 Å². The first-order valence-corrected chi connectivity index (χ1v) is 11.2. The normalized spacial score (nSPS) is 10.9. The third-order valence-corrected chi connectivity index (χ3v) is 5.94. The molecule has 0 unspecified atom stereocenters. The summed E-state index contributed by atoms with van der Waals surface area (Å²) >= 11 is 12.3. The molecule has 0 fully saturated rings. The molecule has 0 radical (unpaired) electrons. The lowest BCUT2D eigenvalue weighted by atomic mass is 10.1. The number of aryl methyl sites for hydroxylation is 2. The molecule has 0 atom stereocenters. The predicted octanol–water partition coefficient (Wildman–Crippen LogP) is 7.91. The molecule has 0 saturated carbocycles. The van der Waals surface area contributed by atoms with Crippen molar-refractivity contribution in [3.05, 3.63) is 70.2 Å². The van der Waals surface area contributed by atoms with E-state index in [4.69, 9.17) is 32.9 Å². The van der Waals surface area contributed by atoms with Crippen LogP contribution in [0.25, 0.3) is 11.0 Å². The van der Waals surface area contributed by atoms with E-state index >= 15 is 0 Å². The molecule has 0 saturated heterocycles. The molecular weight excluding hydrogens is 479 g/mol. The van der Waals surface area contributed by atoms with Gasteiger partial charge in [-0.15, -0.1) is 12.4 Å². The molecule has 1 aromatic heterocycles. The van der Waals surface area contributed by atoms with Crippen LogP contribution < -0.4 is 15.0 Å². The van der Waals surface area contributed by atoms with Gasteiger partial charge in [-0.25, -0.2) is 4.98 Å². The van der Waals surface area contributed by atoms with Gasteiger partial charge >= 0.3 is 0 Å². The lowest BCUT2D eigenvalue weighted by Crippen LogP contribution is -2.25. The van der Waals surface area contributed by atoms with Crippen LogP contribution in [0, 0.1) is 6.92 Å². The molecule has 3 aromatic carbocycles. The first kappa shape index (κ1) is 25.0. The average Bonchev–Trinajstić information content (AvgIpc) is 3.07. The van der Waals surface area contributed by atoms with Crippen LogP contribution in [-0.4, -0.2) is 22.7 Å². The van der Waals surface area contributed by atoms with Crippen molar-refractivity contribution < 1.29 is 4.74 Å². The molecule has 4 aromatic rings. The van der Waals surface area contributed by atoms with E-state index in [-0.39, 0.29) is 18.4 Å². The van der Waals surface area contributed by atoms with Gasteiger partial charge in [-0.1, -0.05) is 29.3 Å². The van der Waals surface area contributed by atoms with Crippen LogP contribution in [0.15, 0.2) is 54.6 Å². The van der Waals surface area contributed by atoms with E-state index < -0.39 is 0 Å². The summed E-state index contributed by atoms with van der Waals surface area (Å²) in [5.41, 5.74) is 5.90. The highest BCUT2D eigenvalue weighted by molar-refractivity contribution is 6.31. The summed E-state index contributed by atoms with van der Waals surface area (Å²) in [4.78, 5) is 7.16. The zero-order valence-electron chi connectivity index (χ0n) is 19.2. The number of hydrogen-bond donors (Lipinski definition) is 1. The molecule has 1 heterocycles. The van der Waals surface area contributed by atoms with Crippen molar-refractivity contribution in [2.45, 2.75) is 26.8 Å². The fraction of sp³-hybridized carbons (Fsp3) is 0.240. The van der Waals surface area contributed by atoms with Gasteiger partial charge in [-0.3, -0.25) is 0 Å². The van der Waals surface area contributed by atoms with E-state index in [2.05, 4.69) is 34.7 Å². The average molecular weight is 506 g/mol. The second kappa shape index (κ2) is 10.1. The molecule has 1 N–H and O–H groups in total. The molecule has 0 aliphatic carbocycles. The first-order valence-electron chi connectivity index (χ1n) is 10.4. The van der Waals surface area contributed by atoms with Crippen molar-refractivity contribution in [2.24, 2.45) is 7.05 Å². The third-order valence-electron chi connectivity index (χ3n) is 5.47. The van der Waals surface area contributed by atoms with Gasteiger partial charge in [0, 0.05) is 34.9 Å². The maximum absolute atomic E-state index is 6.21. The molecule has 0 amide bonds. The molecule has 0 bridgehead atoms. The molecule has 0 aliphatic heterocycles. The van der Waals surface area contributed by atoms with Crippen molar-refractivity contribution in [2.75, 3.05) is 17.3 Å². The van der Waals surface area contributed by atoms with Crippen LogP contribution in [0.4, 0.5) is 23.0 Å². The largest absolute Gasteiger partial charge is 0.495 e. The van der Waals surface area contributed by atoms with E-state index in [1.165, 1.54) is 0 Å². The van der Waals surface area contributed by atoms with E-state index in [1.54, 1.807) is 13.2 Å². The predicted molar refractivity (Wildman–Crippen MR) is 143 cm³/mol. The van der Waals surface area contributed by atoms with Crippen LogP contribution in [0.3, 0.4) is 0 Å². The number of hydrogen-bond acceptors (Lipinski definition) is 4. The molecule has 0 spiro atoms. The minimum Gasteiger partial charge on any atom is -0.495 e. The Balaban J connectivity index is 0.00000306. The Bertz CT molecular complexity index is 1270. The van der Waals surface area contributed by atoms with Gasteiger partial charge in [0.05, 0.1) is 29.5 Å². The van der Waals surface area contributed by atoms with Gasteiger partial charge in [-0.2, -0.15) is 0 Å². The van der Waals surface area contributed by atoms with Crippen LogP contribution >= 0.6 is 35.6 Å². The van der Waals surface area contributed by atoms with Crippen molar-refractivity contribution in [1.29, 1.82) is 0 Å². The quantitative estimate of drug-likeness (QED) is 0.289. The van der Waals surface area contributed by atoms with Crippen LogP contribution in [0.2, 0.25) is 10.0 Å². The maximum atomic E-state index is 6.21. The number of aromatic nitrogens is 2. The Kier molecular flexibility index (Phi) is 7.68. The Morgan fingerprint density at radius 3 is 2.36 bits per heavy atom. The highest BCUT2D eigenvalue weighted by atomic mass is 35.5. The lowest BCUT2D eigenvalue weighted by molar-refractivity contribution is 0.416. The third kappa shape index (κ3) is 4.86. The number of methoxy groups -OCH3 is 1. The second-order valence-electron chi connectivity index (χ2n) is 8.00. The van der Waals surface area contributed by atoms with Gasteiger partial charge in [0.2, 0.25) is 5.95 Å². The lowest BCUT2D eigenvalue weighted by Gasteiger charge is -2.30. The Morgan fingerprint density at radius 2 is 1.73 bits per heavy atom. The number of nitrogens with one attached hydrogen (secondary N) is 1. The monoisotopic (exact) mass is 504 g/mol. The number of imidazole rings is 1. The standard InChI is InChI=1S/C25H26Cl2N4O.ClH/c1-15(2)31(19-11-9-17(26)10-12-19)21-8-6-7-20-24(21)30(4)25(28-20)29-23-16(3)13-18(27)14-22(23)32-5;/h6-15H,1-5H3,(H,28,29);1H. The van der Waals surface area contributed by atoms with Crippen molar-refractivity contribution in [3.63, 3.8) is 0 Å². The number of nitrogens with zero attached hydrogens (tertiary/aromatic N) is 3.